The molecule has 1 aromatic heterocycles. The summed E-state index contributed by atoms with van der Waals surface area (Å²) in [6.45, 7) is 2.80. The molecular formula is C14H20N2O2. The summed E-state index contributed by atoms with van der Waals surface area (Å²) >= 11 is 0. The van der Waals surface area contributed by atoms with E-state index in [9.17, 15) is 4.79 Å². The fourth-order valence-corrected chi connectivity index (χ4v) is 2.97. The van der Waals surface area contributed by atoms with Crippen LogP contribution in [0.2, 0.25) is 0 Å². The van der Waals surface area contributed by atoms with E-state index in [0.29, 0.717) is 0 Å². The van der Waals surface area contributed by atoms with E-state index < -0.39 is 5.60 Å². The van der Waals surface area contributed by atoms with Crippen LogP contribution < -0.4 is 5.56 Å². The minimum atomic E-state index is -0.399. The molecule has 1 saturated heterocycles. The molecular weight excluding hydrogens is 228 g/mol. The summed E-state index contributed by atoms with van der Waals surface area (Å²) < 4.78 is 5.86. The standard InChI is InChI=1S/C14H20N2O2/c1-14(8-4-5-9-18-14)13-15-11-7-3-2-6-10(11)12(17)16-13/h2-9H2,1H3,(H,15,16,17). The Hall–Kier alpha value is -1.16. The van der Waals surface area contributed by atoms with Crippen LogP contribution in [0.5, 0.6) is 0 Å². The smallest absolute Gasteiger partial charge is 0.254 e. The van der Waals surface area contributed by atoms with Gasteiger partial charge >= 0.3 is 0 Å². The normalized spacial score (nSPS) is 27.8. The zero-order valence-electron chi connectivity index (χ0n) is 10.9. The van der Waals surface area contributed by atoms with Crippen LogP contribution in [-0.2, 0) is 23.2 Å². The number of ether oxygens (including phenoxy) is 1. The molecule has 1 fully saturated rings. The molecule has 1 unspecified atom stereocenters. The first kappa shape index (κ1) is 11.9. The van der Waals surface area contributed by atoms with Gasteiger partial charge in [0.1, 0.15) is 11.4 Å². The average molecular weight is 248 g/mol. The molecule has 4 nitrogen and oxygen atoms in total. The molecule has 0 spiro atoms. The van der Waals surface area contributed by atoms with Crippen LogP contribution in [0.15, 0.2) is 4.79 Å². The van der Waals surface area contributed by atoms with Crippen LogP contribution in [0.4, 0.5) is 0 Å². The van der Waals surface area contributed by atoms with E-state index >= 15 is 0 Å². The van der Waals surface area contributed by atoms with Crippen molar-refractivity contribution >= 4 is 0 Å². The fraction of sp³-hybridized carbons (Fsp3) is 0.714. The second kappa shape index (κ2) is 4.50. The van der Waals surface area contributed by atoms with Gasteiger partial charge in [0.15, 0.2) is 0 Å². The van der Waals surface area contributed by atoms with Crippen molar-refractivity contribution in [3.05, 3.63) is 27.4 Å². The molecule has 0 bridgehead atoms. The van der Waals surface area contributed by atoms with E-state index in [1.807, 2.05) is 6.92 Å². The zero-order chi connectivity index (χ0) is 12.6. The molecule has 2 aliphatic rings. The lowest BCUT2D eigenvalue weighted by molar-refractivity contribution is -0.0763. The maximum absolute atomic E-state index is 12.1. The molecule has 1 aromatic rings. The highest BCUT2D eigenvalue weighted by Crippen LogP contribution is 2.32. The molecule has 98 valence electrons. The van der Waals surface area contributed by atoms with Gasteiger partial charge < -0.3 is 9.72 Å². The van der Waals surface area contributed by atoms with Gasteiger partial charge in [0.25, 0.3) is 5.56 Å². The van der Waals surface area contributed by atoms with Gasteiger partial charge in [0.05, 0.1) is 5.69 Å². The average Bonchev–Trinajstić information content (AvgIpc) is 2.39. The highest BCUT2D eigenvalue weighted by Gasteiger charge is 2.33. The lowest BCUT2D eigenvalue weighted by Gasteiger charge is -2.33. The van der Waals surface area contributed by atoms with Gasteiger partial charge in [-0.1, -0.05) is 0 Å². The number of hydrogen-bond donors (Lipinski definition) is 1. The van der Waals surface area contributed by atoms with Crippen molar-refractivity contribution < 1.29 is 4.74 Å². The summed E-state index contributed by atoms with van der Waals surface area (Å²) in [5.41, 5.74) is 1.54. The molecule has 0 aromatic carbocycles. The van der Waals surface area contributed by atoms with Crippen LogP contribution >= 0.6 is 0 Å². The van der Waals surface area contributed by atoms with Crippen LogP contribution in [0.3, 0.4) is 0 Å². The topological polar surface area (TPSA) is 55.0 Å². The predicted octanol–water partition coefficient (Wildman–Crippen LogP) is 2.06. The lowest BCUT2D eigenvalue weighted by atomic mass is 9.93. The summed E-state index contributed by atoms with van der Waals surface area (Å²) in [5.74, 6) is 0.729. The first-order valence-corrected chi connectivity index (χ1v) is 6.95. The van der Waals surface area contributed by atoms with E-state index in [2.05, 4.69) is 9.97 Å². The summed E-state index contributed by atoms with van der Waals surface area (Å²) in [6, 6.07) is 0. The highest BCUT2D eigenvalue weighted by atomic mass is 16.5. The molecule has 1 aliphatic carbocycles. The Morgan fingerprint density at radius 3 is 2.83 bits per heavy atom. The number of aromatic amines is 1. The monoisotopic (exact) mass is 248 g/mol. The first-order valence-electron chi connectivity index (χ1n) is 6.95. The Morgan fingerprint density at radius 1 is 1.22 bits per heavy atom. The number of aromatic nitrogens is 2. The molecule has 1 aliphatic heterocycles. The maximum Gasteiger partial charge on any atom is 0.254 e. The Kier molecular flexibility index (Phi) is 2.98. The number of aryl methyl sites for hydroxylation is 1. The van der Waals surface area contributed by atoms with Crippen LogP contribution in [0, 0.1) is 0 Å². The van der Waals surface area contributed by atoms with Crippen molar-refractivity contribution in [3.8, 4) is 0 Å². The van der Waals surface area contributed by atoms with Crippen molar-refractivity contribution in [2.24, 2.45) is 0 Å². The third-order valence-electron chi connectivity index (χ3n) is 4.16. The molecule has 2 heterocycles. The van der Waals surface area contributed by atoms with E-state index in [1.54, 1.807) is 0 Å². The van der Waals surface area contributed by atoms with Crippen molar-refractivity contribution in [1.29, 1.82) is 0 Å². The minimum absolute atomic E-state index is 0.0464. The Labute approximate surface area is 107 Å². The Morgan fingerprint density at radius 2 is 2.06 bits per heavy atom. The van der Waals surface area contributed by atoms with Gasteiger partial charge in [-0.25, -0.2) is 4.98 Å². The lowest BCUT2D eigenvalue weighted by Crippen LogP contribution is -2.36. The fourth-order valence-electron chi connectivity index (χ4n) is 2.97. The summed E-state index contributed by atoms with van der Waals surface area (Å²) in [4.78, 5) is 19.8. The molecule has 0 amide bonds. The van der Waals surface area contributed by atoms with Crippen LogP contribution in [-0.4, -0.2) is 16.6 Å². The van der Waals surface area contributed by atoms with Crippen molar-refractivity contribution in [3.63, 3.8) is 0 Å². The number of rotatable bonds is 1. The summed E-state index contributed by atoms with van der Waals surface area (Å²) in [7, 11) is 0. The molecule has 3 rings (SSSR count). The SMILES string of the molecule is CC1(c2nc3c(c(=O)[nH]2)CCCC3)CCCCO1. The van der Waals surface area contributed by atoms with Crippen LogP contribution in [0.1, 0.15) is 56.1 Å². The largest absolute Gasteiger partial charge is 0.367 e. The van der Waals surface area contributed by atoms with E-state index in [-0.39, 0.29) is 5.56 Å². The third kappa shape index (κ3) is 1.99. The van der Waals surface area contributed by atoms with E-state index in [1.165, 1.54) is 0 Å². The third-order valence-corrected chi connectivity index (χ3v) is 4.16. The van der Waals surface area contributed by atoms with Gasteiger partial charge in [0.2, 0.25) is 0 Å². The number of nitrogens with zero attached hydrogens (tertiary/aromatic N) is 1. The van der Waals surface area contributed by atoms with Crippen LogP contribution in [0.25, 0.3) is 0 Å². The quantitative estimate of drug-likeness (QED) is 0.827. The molecule has 0 radical (unpaired) electrons. The second-order valence-electron chi connectivity index (χ2n) is 5.58. The number of nitrogens with one attached hydrogen (secondary N) is 1. The van der Waals surface area contributed by atoms with Gasteiger partial charge in [-0.3, -0.25) is 4.79 Å². The molecule has 4 heteroatoms. The van der Waals surface area contributed by atoms with E-state index in [4.69, 9.17) is 4.74 Å². The van der Waals surface area contributed by atoms with E-state index in [0.717, 1.165) is 68.6 Å². The Bertz CT molecular complexity index is 501. The van der Waals surface area contributed by atoms with Crippen molar-refractivity contribution in [1.82, 2.24) is 9.97 Å². The maximum atomic E-state index is 12.1. The van der Waals surface area contributed by atoms with Gasteiger partial charge in [-0.15, -0.1) is 0 Å². The van der Waals surface area contributed by atoms with Gasteiger partial charge in [-0.2, -0.15) is 0 Å². The zero-order valence-corrected chi connectivity index (χ0v) is 10.9. The molecule has 0 saturated carbocycles. The van der Waals surface area contributed by atoms with Crippen molar-refractivity contribution in [2.75, 3.05) is 6.61 Å². The Balaban J connectivity index is 2.02. The van der Waals surface area contributed by atoms with Crippen molar-refractivity contribution in [2.45, 2.75) is 57.5 Å². The molecule has 1 atom stereocenters. The highest BCUT2D eigenvalue weighted by molar-refractivity contribution is 5.22. The second-order valence-corrected chi connectivity index (χ2v) is 5.58. The van der Waals surface area contributed by atoms with Gasteiger partial charge in [-0.05, 0) is 51.9 Å². The minimum Gasteiger partial charge on any atom is -0.367 e. The number of hydrogen-bond acceptors (Lipinski definition) is 3. The number of H-pyrrole nitrogens is 1. The summed E-state index contributed by atoms with van der Waals surface area (Å²) in [5, 5.41) is 0. The van der Waals surface area contributed by atoms with Gasteiger partial charge in [0, 0.05) is 12.2 Å². The number of fused-ring (bicyclic) bond motifs is 1. The summed E-state index contributed by atoms with van der Waals surface area (Å²) in [6.07, 6.45) is 7.22. The molecule has 1 N–H and O–H groups in total. The first-order chi connectivity index (χ1) is 8.69. The predicted molar refractivity (Wildman–Crippen MR) is 68.7 cm³/mol. The molecule has 18 heavy (non-hydrogen) atoms.